The number of fused-ring (bicyclic) bond motifs is 2. The molecule has 0 spiro atoms. The van der Waals surface area contributed by atoms with Crippen LogP contribution in [0.5, 0.6) is 0 Å². The maximum atomic E-state index is 14.0. The number of benzene rings is 1. The van der Waals surface area contributed by atoms with Crippen LogP contribution in [0.4, 0.5) is 24.7 Å². The predicted molar refractivity (Wildman–Crippen MR) is 129 cm³/mol. The summed E-state index contributed by atoms with van der Waals surface area (Å²) in [7, 11) is 1.70. The normalized spacial score (nSPS) is 24.5. The van der Waals surface area contributed by atoms with Gasteiger partial charge in [0, 0.05) is 25.0 Å². The van der Waals surface area contributed by atoms with Crippen LogP contribution < -0.4 is 9.80 Å². The van der Waals surface area contributed by atoms with Crippen molar-refractivity contribution >= 4 is 17.4 Å². The molecule has 1 aliphatic carbocycles. The highest BCUT2D eigenvalue weighted by Gasteiger charge is 2.49. The van der Waals surface area contributed by atoms with Gasteiger partial charge in [-0.1, -0.05) is 31.9 Å². The zero-order valence-electron chi connectivity index (χ0n) is 20.6. The van der Waals surface area contributed by atoms with E-state index in [-0.39, 0.29) is 28.8 Å². The average molecular weight is 485 g/mol. The SMILES string of the molecule is Cc1cccc(N(C)C(=O)[C@@H]2[C@@H]3CCCC[C@](C)(C3)CN2c2nc(C)cc(C(F)(F)F)c2C#N)c1. The van der Waals surface area contributed by atoms with Crippen molar-refractivity contribution in [1.29, 1.82) is 5.26 Å². The van der Waals surface area contributed by atoms with E-state index in [1.54, 1.807) is 22.9 Å². The average Bonchev–Trinajstić information content (AvgIpc) is 2.94. The van der Waals surface area contributed by atoms with Crippen LogP contribution in [0, 0.1) is 36.5 Å². The number of carbonyl (C=O) groups is 1. The Kier molecular flexibility index (Phi) is 6.56. The zero-order valence-corrected chi connectivity index (χ0v) is 20.6. The van der Waals surface area contributed by atoms with Crippen LogP contribution in [-0.2, 0) is 11.0 Å². The van der Waals surface area contributed by atoms with Crippen molar-refractivity contribution in [1.82, 2.24) is 4.98 Å². The molecule has 4 rings (SSSR count). The lowest BCUT2D eigenvalue weighted by atomic mass is 9.72. The Morgan fingerprint density at radius 3 is 2.66 bits per heavy atom. The van der Waals surface area contributed by atoms with Crippen LogP contribution >= 0.6 is 0 Å². The molecule has 5 nitrogen and oxygen atoms in total. The molecule has 35 heavy (non-hydrogen) atoms. The van der Waals surface area contributed by atoms with Gasteiger partial charge in [0.2, 0.25) is 5.91 Å². The molecule has 2 bridgehead atoms. The Morgan fingerprint density at radius 2 is 2.00 bits per heavy atom. The molecule has 186 valence electrons. The van der Waals surface area contributed by atoms with Crippen LogP contribution in [0.1, 0.15) is 61.4 Å². The molecule has 8 heteroatoms. The third-order valence-electron chi connectivity index (χ3n) is 7.48. The molecule has 1 aliphatic heterocycles. The van der Waals surface area contributed by atoms with Crippen LogP contribution in [0.3, 0.4) is 0 Å². The van der Waals surface area contributed by atoms with Crippen molar-refractivity contribution in [3.63, 3.8) is 0 Å². The number of piperidine rings is 1. The molecule has 0 N–H and O–H groups in total. The van der Waals surface area contributed by atoms with E-state index in [1.807, 2.05) is 31.2 Å². The van der Waals surface area contributed by atoms with Crippen molar-refractivity contribution in [3.05, 3.63) is 52.7 Å². The maximum absolute atomic E-state index is 14.0. The fourth-order valence-electron chi connectivity index (χ4n) is 5.87. The number of halogens is 3. The second-order valence-corrected chi connectivity index (χ2v) is 10.4. The fraction of sp³-hybridized carbons (Fsp3) is 0.519. The van der Waals surface area contributed by atoms with E-state index in [1.165, 1.54) is 6.92 Å². The first-order valence-corrected chi connectivity index (χ1v) is 12.0. The quantitative estimate of drug-likeness (QED) is 0.534. The van der Waals surface area contributed by atoms with Crippen LogP contribution in [-0.4, -0.2) is 30.5 Å². The van der Waals surface area contributed by atoms with Crippen molar-refractivity contribution < 1.29 is 18.0 Å². The standard InChI is InChI=1S/C27H31F3N4O/c1-17-8-7-10-20(12-17)33(4)25(35)23-19-9-5-6-11-26(3,14-19)16-34(23)24-21(15-31)22(27(28,29)30)13-18(2)32-24/h7-8,10,12-13,19,23H,5-6,9,11,14,16H2,1-4H3/t19-,23+,26-/m1/s1. The number of rotatable bonds is 3. The molecule has 1 amide bonds. The van der Waals surface area contributed by atoms with Gasteiger partial charge in [0.1, 0.15) is 23.5 Å². The third kappa shape index (κ3) is 4.86. The van der Waals surface area contributed by atoms with Crippen molar-refractivity contribution in [2.45, 2.75) is 65.1 Å². The number of alkyl halides is 3. The Hall–Kier alpha value is -3.08. The van der Waals surface area contributed by atoms with Crippen LogP contribution in [0.2, 0.25) is 0 Å². The summed E-state index contributed by atoms with van der Waals surface area (Å²) < 4.78 is 41.7. The monoisotopic (exact) mass is 484 g/mol. The minimum atomic E-state index is -4.70. The van der Waals surface area contributed by atoms with E-state index in [2.05, 4.69) is 11.9 Å². The van der Waals surface area contributed by atoms with Gasteiger partial charge in [-0.25, -0.2) is 4.98 Å². The number of nitrogens with zero attached hydrogens (tertiary/aromatic N) is 4. The summed E-state index contributed by atoms with van der Waals surface area (Å²) in [6, 6.07) is 9.56. The van der Waals surface area contributed by atoms with E-state index in [9.17, 15) is 23.2 Å². The van der Waals surface area contributed by atoms with E-state index >= 15 is 0 Å². The van der Waals surface area contributed by atoms with Gasteiger partial charge in [-0.3, -0.25) is 4.79 Å². The highest BCUT2D eigenvalue weighted by atomic mass is 19.4. The maximum Gasteiger partial charge on any atom is 0.417 e. The van der Waals surface area contributed by atoms with Crippen LogP contribution in [0.15, 0.2) is 30.3 Å². The summed E-state index contributed by atoms with van der Waals surface area (Å²) in [6.45, 7) is 5.95. The highest BCUT2D eigenvalue weighted by Crippen LogP contribution is 2.48. The first-order chi connectivity index (χ1) is 16.4. The minimum Gasteiger partial charge on any atom is -0.343 e. The summed E-state index contributed by atoms with van der Waals surface area (Å²) in [5, 5.41) is 9.84. The van der Waals surface area contributed by atoms with E-state index in [4.69, 9.17) is 0 Å². The molecular formula is C27H31F3N4O. The lowest BCUT2D eigenvalue weighted by molar-refractivity contribution is -0.137. The van der Waals surface area contributed by atoms with Crippen molar-refractivity contribution in [2.75, 3.05) is 23.4 Å². The molecule has 0 unspecified atom stereocenters. The summed E-state index contributed by atoms with van der Waals surface area (Å²) in [5.41, 5.74) is 0.220. The number of pyridine rings is 1. The Morgan fingerprint density at radius 1 is 1.26 bits per heavy atom. The minimum absolute atomic E-state index is 0.0337. The molecular weight excluding hydrogens is 453 g/mol. The Balaban J connectivity index is 1.87. The van der Waals surface area contributed by atoms with Gasteiger partial charge in [-0.15, -0.1) is 0 Å². The van der Waals surface area contributed by atoms with E-state index < -0.39 is 23.3 Å². The van der Waals surface area contributed by atoms with Crippen molar-refractivity contribution in [3.8, 4) is 6.07 Å². The number of hydrogen-bond donors (Lipinski definition) is 0. The third-order valence-corrected chi connectivity index (χ3v) is 7.48. The summed E-state index contributed by atoms with van der Waals surface area (Å²) >= 11 is 0. The second-order valence-electron chi connectivity index (χ2n) is 10.4. The van der Waals surface area contributed by atoms with Crippen molar-refractivity contribution in [2.24, 2.45) is 11.3 Å². The molecule has 2 aliphatic rings. The topological polar surface area (TPSA) is 60.2 Å². The van der Waals surface area contributed by atoms with Gasteiger partial charge >= 0.3 is 6.18 Å². The molecule has 1 aromatic heterocycles. The van der Waals surface area contributed by atoms with Gasteiger partial charge < -0.3 is 9.80 Å². The van der Waals surface area contributed by atoms with Crippen LogP contribution in [0.25, 0.3) is 0 Å². The number of amides is 1. The predicted octanol–water partition coefficient (Wildman–Crippen LogP) is 6.03. The number of carbonyl (C=O) groups excluding carboxylic acids is 1. The first kappa shape index (κ1) is 25.0. The molecule has 1 saturated carbocycles. The fourth-order valence-corrected chi connectivity index (χ4v) is 5.87. The van der Waals surface area contributed by atoms with E-state index in [0.717, 1.165) is 49.4 Å². The molecule has 3 atom stereocenters. The van der Waals surface area contributed by atoms with Gasteiger partial charge in [-0.2, -0.15) is 18.4 Å². The Labute approximate surface area is 204 Å². The second kappa shape index (κ2) is 9.18. The summed E-state index contributed by atoms with van der Waals surface area (Å²) in [6.07, 6.45) is -0.167. The smallest absolute Gasteiger partial charge is 0.343 e. The molecule has 2 fully saturated rings. The molecule has 2 heterocycles. The van der Waals surface area contributed by atoms with Gasteiger partial charge in [0.25, 0.3) is 0 Å². The zero-order chi connectivity index (χ0) is 25.5. The van der Waals surface area contributed by atoms with Gasteiger partial charge in [0.05, 0.1) is 5.56 Å². The summed E-state index contributed by atoms with van der Waals surface area (Å²) in [5.74, 6) is -0.266. The highest BCUT2D eigenvalue weighted by molar-refractivity contribution is 5.99. The van der Waals surface area contributed by atoms with Gasteiger partial charge in [-0.05, 0) is 68.2 Å². The number of hydrogen-bond acceptors (Lipinski definition) is 4. The molecule has 1 aromatic carbocycles. The van der Waals surface area contributed by atoms with Gasteiger partial charge in [0.15, 0.2) is 0 Å². The summed E-state index contributed by atoms with van der Waals surface area (Å²) in [4.78, 5) is 21.8. The molecule has 2 aromatic rings. The number of aryl methyl sites for hydroxylation is 2. The largest absolute Gasteiger partial charge is 0.417 e. The number of aromatic nitrogens is 1. The molecule has 1 saturated heterocycles. The lowest BCUT2D eigenvalue weighted by Crippen LogP contribution is -2.59. The number of anilines is 2. The number of likely N-dealkylation sites (N-methyl/N-ethyl adjacent to an activating group) is 1. The molecule has 0 radical (unpaired) electrons. The first-order valence-electron chi connectivity index (χ1n) is 12.0. The Bertz CT molecular complexity index is 1170. The number of nitriles is 1. The lowest BCUT2D eigenvalue weighted by Gasteiger charge is -2.49. The van der Waals surface area contributed by atoms with E-state index in [0.29, 0.717) is 6.54 Å².